The van der Waals surface area contributed by atoms with E-state index in [4.69, 9.17) is 0 Å². The Labute approximate surface area is 197 Å². The predicted molar refractivity (Wildman–Crippen MR) is 126 cm³/mol. The fraction of sp³-hybridized carbons (Fsp3) is 0.0800. The van der Waals surface area contributed by atoms with Gasteiger partial charge in [-0.1, -0.05) is 30.3 Å². The molecular formula is C25H18F3N3O2S. The zero-order valence-electron chi connectivity index (χ0n) is 17.6. The van der Waals surface area contributed by atoms with Crippen molar-refractivity contribution >= 4 is 34.5 Å². The largest absolute Gasteiger partial charge is 0.416 e. The lowest BCUT2D eigenvalue weighted by Gasteiger charge is -2.12. The summed E-state index contributed by atoms with van der Waals surface area (Å²) >= 11 is 1.42. The van der Waals surface area contributed by atoms with Gasteiger partial charge in [-0.25, -0.2) is 4.98 Å². The SMILES string of the molecule is O=C(Cc1cscn1)Nc1ccc(NC(=O)c2ccccc2-c2ccc(C(F)(F)F)cc2)cc1. The molecule has 9 heteroatoms. The van der Waals surface area contributed by atoms with Crippen LogP contribution in [0.3, 0.4) is 0 Å². The van der Waals surface area contributed by atoms with Gasteiger partial charge >= 0.3 is 6.18 Å². The number of benzene rings is 3. The highest BCUT2D eigenvalue weighted by Crippen LogP contribution is 2.32. The lowest BCUT2D eigenvalue weighted by Crippen LogP contribution is -2.15. The number of alkyl halides is 3. The first-order valence-electron chi connectivity index (χ1n) is 10.1. The van der Waals surface area contributed by atoms with Crippen LogP contribution in [0.15, 0.2) is 83.7 Å². The molecule has 4 aromatic rings. The van der Waals surface area contributed by atoms with Gasteiger partial charge in [-0.15, -0.1) is 11.3 Å². The van der Waals surface area contributed by atoms with E-state index in [2.05, 4.69) is 15.6 Å². The van der Waals surface area contributed by atoms with Gasteiger partial charge in [-0.2, -0.15) is 13.2 Å². The number of hydrogen-bond acceptors (Lipinski definition) is 4. The van der Waals surface area contributed by atoms with Gasteiger partial charge in [0.2, 0.25) is 5.91 Å². The average molecular weight is 481 g/mol. The molecule has 0 unspecified atom stereocenters. The first-order valence-corrected chi connectivity index (χ1v) is 11.1. The zero-order chi connectivity index (χ0) is 24.1. The third-order valence-corrected chi connectivity index (χ3v) is 5.58. The van der Waals surface area contributed by atoms with Crippen molar-refractivity contribution in [2.75, 3.05) is 10.6 Å². The molecule has 0 saturated carbocycles. The first-order chi connectivity index (χ1) is 16.3. The third kappa shape index (κ3) is 5.68. The zero-order valence-corrected chi connectivity index (χ0v) is 18.4. The molecule has 0 aliphatic heterocycles. The van der Waals surface area contributed by atoms with E-state index in [0.29, 0.717) is 33.8 Å². The summed E-state index contributed by atoms with van der Waals surface area (Å²) in [4.78, 5) is 29.1. The second kappa shape index (κ2) is 9.88. The molecule has 2 amide bonds. The minimum absolute atomic E-state index is 0.169. The van der Waals surface area contributed by atoms with Crippen molar-refractivity contribution in [3.05, 3.63) is 101 Å². The Hall–Kier alpha value is -3.98. The predicted octanol–water partition coefficient (Wildman–Crippen LogP) is 6.26. The molecule has 1 aromatic heterocycles. The maximum Gasteiger partial charge on any atom is 0.416 e. The molecule has 5 nitrogen and oxygen atoms in total. The molecular weight excluding hydrogens is 463 g/mol. The summed E-state index contributed by atoms with van der Waals surface area (Å²) in [5.74, 6) is -0.607. The molecule has 0 spiro atoms. The number of thiazole rings is 1. The van der Waals surface area contributed by atoms with E-state index in [1.807, 2.05) is 0 Å². The summed E-state index contributed by atoms with van der Waals surface area (Å²) in [6.45, 7) is 0. The third-order valence-electron chi connectivity index (χ3n) is 4.95. The maximum atomic E-state index is 12.9. The number of carbonyl (C=O) groups excluding carboxylic acids is 2. The van der Waals surface area contributed by atoms with E-state index < -0.39 is 17.6 Å². The molecule has 0 bridgehead atoms. The smallest absolute Gasteiger partial charge is 0.326 e. The number of hydrogen-bond donors (Lipinski definition) is 2. The summed E-state index contributed by atoms with van der Waals surface area (Å²) in [7, 11) is 0. The number of rotatable bonds is 6. The van der Waals surface area contributed by atoms with Crippen LogP contribution in [0.25, 0.3) is 11.1 Å². The van der Waals surface area contributed by atoms with Gasteiger partial charge in [0, 0.05) is 22.3 Å². The van der Waals surface area contributed by atoms with Crippen LogP contribution in [0.4, 0.5) is 24.5 Å². The molecule has 172 valence electrons. The number of anilines is 2. The van der Waals surface area contributed by atoms with E-state index in [1.165, 1.54) is 23.5 Å². The molecule has 1 heterocycles. The minimum Gasteiger partial charge on any atom is -0.326 e. The number of nitrogens with one attached hydrogen (secondary N) is 2. The van der Waals surface area contributed by atoms with Crippen molar-refractivity contribution in [3.63, 3.8) is 0 Å². The maximum absolute atomic E-state index is 12.9. The first kappa shape index (κ1) is 23.2. The number of nitrogens with zero attached hydrogens (tertiary/aromatic N) is 1. The van der Waals surface area contributed by atoms with Crippen molar-refractivity contribution in [2.45, 2.75) is 12.6 Å². The highest BCUT2D eigenvalue weighted by molar-refractivity contribution is 7.07. The number of halogens is 3. The number of carbonyl (C=O) groups is 2. The van der Waals surface area contributed by atoms with Crippen LogP contribution in [0.5, 0.6) is 0 Å². The van der Waals surface area contributed by atoms with Crippen LogP contribution in [-0.4, -0.2) is 16.8 Å². The van der Waals surface area contributed by atoms with Crippen LogP contribution in [0.2, 0.25) is 0 Å². The van der Waals surface area contributed by atoms with Gasteiger partial charge in [-0.05, 0) is 53.6 Å². The van der Waals surface area contributed by atoms with E-state index in [9.17, 15) is 22.8 Å². The van der Waals surface area contributed by atoms with Crippen LogP contribution in [0.1, 0.15) is 21.6 Å². The summed E-state index contributed by atoms with van der Waals surface area (Å²) in [5.41, 5.74) is 4.01. The van der Waals surface area contributed by atoms with E-state index in [-0.39, 0.29) is 12.3 Å². The Kier molecular flexibility index (Phi) is 6.74. The highest BCUT2D eigenvalue weighted by Gasteiger charge is 2.30. The second-order valence-corrected chi connectivity index (χ2v) is 8.08. The van der Waals surface area contributed by atoms with Crippen molar-refractivity contribution in [1.82, 2.24) is 4.98 Å². The molecule has 2 N–H and O–H groups in total. The molecule has 34 heavy (non-hydrogen) atoms. The van der Waals surface area contributed by atoms with Gasteiger partial charge < -0.3 is 10.6 Å². The summed E-state index contributed by atoms with van der Waals surface area (Å²) in [6.07, 6.45) is -4.26. The summed E-state index contributed by atoms with van der Waals surface area (Å²) in [6, 6.07) is 18.0. The topological polar surface area (TPSA) is 71.1 Å². The molecule has 0 aliphatic carbocycles. The Balaban J connectivity index is 1.44. The van der Waals surface area contributed by atoms with Crippen molar-refractivity contribution in [1.29, 1.82) is 0 Å². The van der Waals surface area contributed by atoms with E-state index >= 15 is 0 Å². The molecule has 3 aromatic carbocycles. The van der Waals surface area contributed by atoms with Crippen molar-refractivity contribution in [3.8, 4) is 11.1 Å². The number of aromatic nitrogens is 1. The quantitative estimate of drug-likeness (QED) is 0.341. The van der Waals surface area contributed by atoms with Crippen LogP contribution in [0, 0.1) is 0 Å². The average Bonchev–Trinajstić information content (AvgIpc) is 3.33. The Morgan fingerprint density at radius 1 is 0.853 bits per heavy atom. The Morgan fingerprint density at radius 2 is 1.50 bits per heavy atom. The summed E-state index contributed by atoms with van der Waals surface area (Å²) in [5, 5.41) is 7.36. The molecule has 0 fully saturated rings. The van der Waals surface area contributed by atoms with Crippen LogP contribution < -0.4 is 10.6 Å². The van der Waals surface area contributed by atoms with Crippen molar-refractivity contribution < 1.29 is 22.8 Å². The van der Waals surface area contributed by atoms with Gasteiger partial charge in [0.15, 0.2) is 0 Å². The van der Waals surface area contributed by atoms with Gasteiger partial charge in [0.1, 0.15) is 0 Å². The fourth-order valence-corrected chi connectivity index (χ4v) is 3.86. The molecule has 0 radical (unpaired) electrons. The normalized spacial score (nSPS) is 11.1. The standard InChI is InChI=1S/C25H18F3N3O2S/c26-25(27,28)17-7-5-16(6-8-17)21-3-1-2-4-22(21)24(33)31-19-11-9-18(10-12-19)30-23(32)13-20-14-34-15-29-20/h1-12,14-15H,13H2,(H,30,32)(H,31,33). The van der Waals surface area contributed by atoms with Crippen LogP contribution in [-0.2, 0) is 17.4 Å². The molecule has 4 rings (SSSR count). The fourth-order valence-electron chi connectivity index (χ4n) is 3.30. The monoisotopic (exact) mass is 481 g/mol. The van der Waals surface area contributed by atoms with Crippen LogP contribution >= 0.6 is 11.3 Å². The molecule has 0 saturated heterocycles. The molecule has 0 atom stereocenters. The van der Waals surface area contributed by atoms with Crippen molar-refractivity contribution in [2.24, 2.45) is 0 Å². The summed E-state index contributed by atoms with van der Waals surface area (Å²) < 4.78 is 38.6. The number of amides is 2. The lowest BCUT2D eigenvalue weighted by molar-refractivity contribution is -0.137. The minimum atomic E-state index is -4.43. The highest BCUT2D eigenvalue weighted by atomic mass is 32.1. The second-order valence-electron chi connectivity index (χ2n) is 7.36. The van der Waals surface area contributed by atoms with Gasteiger partial charge in [0.25, 0.3) is 5.91 Å². The van der Waals surface area contributed by atoms with Gasteiger partial charge in [0.05, 0.1) is 23.2 Å². The molecule has 0 aliphatic rings. The lowest BCUT2D eigenvalue weighted by atomic mass is 9.98. The van der Waals surface area contributed by atoms with E-state index in [1.54, 1.807) is 59.4 Å². The van der Waals surface area contributed by atoms with E-state index in [0.717, 1.165) is 12.1 Å². The Bertz CT molecular complexity index is 1290. The van der Waals surface area contributed by atoms with Gasteiger partial charge in [-0.3, -0.25) is 9.59 Å². The Morgan fingerprint density at radius 3 is 2.12 bits per heavy atom.